The number of rotatable bonds is 2. The Bertz CT molecular complexity index is 606. The molecule has 19 heavy (non-hydrogen) atoms. The lowest BCUT2D eigenvalue weighted by Gasteiger charge is -2.16. The van der Waals surface area contributed by atoms with E-state index in [1.807, 2.05) is 6.92 Å². The summed E-state index contributed by atoms with van der Waals surface area (Å²) in [7, 11) is 0. The zero-order chi connectivity index (χ0) is 14.2. The number of phenols is 3. The van der Waals surface area contributed by atoms with E-state index in [0.29, 0.717) is 11.1 Å². The molecule has 2 aromatic carbocycles. The van der Waals surface area contributed by atoms with Crippen LogP contribution in [0.2, 0.25) is 0 Å². The summed E-state index contributed by atoms with van der Waals surface area (Å²) < 4.78 is 12.9. The second kappa shape index (κ2) is 4.80. The standard InChI is InChI=1S/C15H15FO3/c1-8-7-12(14(18)15(19)13(8)17)9(2)10-3-5-11(16)6-4-10/h3-7,9,17-19H,1-2H3. The van der Waals surface area contributed by atoms with E-state index in [9.17, 15) is 19.7 Å². The van der Waals surface area contributed by atoms with Crippen molar-refractivity contribution in [3.63, 3.8) is 0 Å². The Morgan fingerprint density at radius 3 is 2.11 bits per heavy atom. The Balaban J connectivity index is 2.50. The van der Waals surface area contributed by atoms with Crippen molar-refractivity contribution < 1.29 is 19.7 Å². The molecule has 0 heterocycles. The summed E-state index contributed by atoms with van der Waals surface area (Å²) in [5.41, 5.74) is 1.76. The number of hydrogen-bond donors (Lipinski definition) is 3. The fraction of sp³-hybridized carbons (Fsp3) is 0.200. The summed E-state index contributed by atoms with van der Waals surface area (Å²) in [6, 6.07) is 7.54. The van der Waals surface area contributed by atoms with Crippen molar-refractivity contribution in [3.05, 3.63) is 52.8 Å². The lowest BCUT2D eigenvalue weighted by molar-refractivity contribution is 0.362. The van der Waals surface area contributed by atoms with Crippen molar-refractivity contribution in [2.75, 3.05) is 0 Å². The number of halogens is 1. The molecular formula is C15H15FO3. The first-order valence-corrected chi connectivity index (χ1v) is 5.91. The van der Waals surface area contributed by atoms with Gasteiger partial charge in [0.05, 0.1) is 0 Å². The SMILES string of the molecule is Cc1cc(C(C)c2ccc(F)cc2)c(O)c(O)c1O. The highest BCUT2D eigenvalue weighted by Gasteiger charge is 2.19. The van der Waals surface area contributed by atoms with Crippen LogP contribution in [0.25, 0.3) is 0 Å². The molecule has 100 valence electrons. The molecule has 0 saturated carbocycles. The van der Waals surface area contributed by atoms with Crippen molar-refractivity contribution in [1.82, 2.24) is 0 Å². The van der Waals surface area contributed by atoms with E-state index in [0.717, 1.165) is 5.56 Å². The first-order chi connectivity index (χ1) is 8.91. The van der Waals surface area contributed by atoms with Crippen LogP contribution in [0.1, 0.15) is 29.5 Å². The minimum Gasteiger partial charge on any atom is -0.504 e. The minimum absolute atomic E-state index is 0.231. The first-order valence-electron chi connectivity index (χ1n) is 5.91. The molecule has 0 saturated heterocycles. The van der Waals surface area contributed by atoms with E-state index in [1.54, 1.807) is 25.1 Å². The zero-order valence-corrected chi connectivity index (χ0v) is 10.7. The second-order valence-electron chi connectivity index (χ2n) is 4.60. The van der Waals surface area contributed by atoms with E-state index >= 15 is 0 Å². The maximum Gasteiger partial charge on any atom is 0.200 e. The average molecular weight is 262 g/mol. The third-order valence-corrected chi connectivity index (χ3v) is 3.30. The highest BCUT2D eigenvalue weighted by molar-refractivity contribution is 5.59. The summed E-state index contributed by atoms with van der Waals surface area (Å²) in [4.78, 5) is 0. The molecule has 1 unspecified atom stereocenters. The number of benzene rings is 2. The van der Waals surface area contributed by atoms with Gasteiger partial charge in [-0.2, -0.15) is 0 Å². The maximum absolute atomic E-state index is 12.9. The van der Waals surface area contributed by atoms with Crippen LogP contribution < -0.4 is 0 Å². The van der Waals surface area contributed by atoms with Crippen LogP contribution in [0.5, 0.6) is 17.2 Å². The molecule has 0 spiro atoms. The van der Waals surface area contributed by atoms with Crippen LogP contribution in [0.15, 0.2) is 30.3 Å². The zero-order valence-electron chi connectivity index (χ0n) is 10.7. The van der Waals surface area contributed by atoms with Crippen molar-refractivity contribution in [2.24, 2.45) is 0 Å². The average Bonchev–Trinajstić information content (AvgIpc) is 2.40. The van der Waals surface area contributed by atoms with Gasteiger partial charge in [0.1, 0.15) is 5.82 Å². The van der Waals surface area contributed by atoms with Crippen molar-refractivity contribution >= 4 is 0 Å². The maximum atomic E-state index is 12.9. The highest BCUT2D eigenvalue weighted by atomic mass is 19.1. The summed E-state index contributed by atoms with van der Waals surface area (Å²) in [6.45, 7) is 3.47. The van der Waals surface area contributed by atoms with Crippen LogP contribution in [0, 0.1) is 12.7 Å². The van der Waals surface area contributed by atoms with Gasteiger partial charge < -0.3 is 15.3 Å². The molecule has 3 N–H and O–H groups in total. The topological polar surface area (TPSA) is 60.7 Å². The van der Waals surface area contributed by atoms with E-state index in [1.165, 1.54) is 12.1 Å². The summed E-state index contributed by atoms with van der Waals surface area (Å²) >= 11 is 0. The summed E-state index contributed by atoms with van der Waals surface area (Å²) in [6.07, 6.45) is 0. The van der Waals surface area contributed by atoms with Gasteiger partial charge in [0.25, 0.3) is 0 Å². The first kappa shape index (κ1) is 13.2. The van der Waals surface area contributed by atoms with Gasteiger partial charge in [0, 0.05) is 11.5 Å². The van der Waals surface area contributed by atoms with Crippen LogP contribution >= 0.6 is 0 Å². The number of hydrogen-bond acceptors (Lipinski definition) is 3. The molecule has 3 nitrogen and oxygen atoms in total. The van der Waals surface area contributed by atoms with Gasteiger partial charge in [-0.15, -0.1) is 0 Å². The molecule has 0 aliphatic rings. The van der Waals surface area contributed by atoms with Crippen LogP contribution in [0.3, 0.4) is 0 Å². The molecule has 2 aromatic rings. The van der Waals surface area contributed by atoms with Gasteiger partial charge in [-0.3, -0.25) is 0 Å². The lowest BCUT2D eigenvalue weighted by Crippen LogP contribution is -1.98. The number of aryl methyl sites for hydroxylation is 1. The molecule has 0 aliphatic heterocycles. The monoisotopic (exact) mass is 262 g/mol. The van der Waals surface area contributed by atoms with Gasteiger partial charge in [-0.05, 0) is 36.2 Å². The molecule has 0 radical (unpaired) electrons. The van der Waals surface area contributed by atoms with E-state index in [2.05, 4.69) is 0 Å². The van der Waals surface area contributed by atoms with Crippen molar-refractivity contribution in [2.45, 2.75) is 19.8 Å². The van der Waals surface area contributed by atoms with E-state index in [-0.39, 0.29) is 23.2 Å². The molecular weight excluding hydrogens is 247 g/mol. The van der Waals surface area contributed by atoms with Crippen LogP contribution in [-0.4, -0.2) is 15.3 Å². The van der Waals surface area contributed by atoms with Crippen LogP contribution in [0.4, 0.5) is 4.39 Å². The number of phenolic OH excluding ortho intramolecular Hbond substituents is 3. The molecule has 2 rings (SSSR count). The predicted octanol–water partition coefficient (Wildman–Crippen LogP) is 3.40. The Morgan fingerprint density at radius 2 is 1.53 bits per heavy atom. The lowest BCUT2D eigenvalue weighted by atomic mass is 9.91. The Labute approximate surface area is 110 Å². The largest absolute Gasteiger partial charge is 0.504 e. The van der Waals surface area contributed by atoms with Gasteiger partial charge >= 0.3 is 0 Å². The highest BCUT2D eigenvalue weighted by Crippen LogP contribution is 2.44. The minimum atomic E-state index is -0.524. The fourth-order valence-corrected chi connectivity index (χ4v) is 2.07. The Kier molecular flexibility index (Phi) is 3.34. The third kappa shape index (κ3) is 2.34. The number of aromatic hydroxyl groups is 3. The van der Waals surface area contributed by atoms with Crippen LogP contribution in [-0.2, 0) is 0 Å². The quantitative estimate of drug-likeness (QED) is 0.727. The van der Waals surface area contributed by atoms with Crippen molar-refractivity contribution in [3.8, 4) is 17.2 Å². The molecule has 0 fully saturated rings. The van der Waals surface area contributed by atoms with Gasteiger partial charge in [-0.25, -0.2) is 4.39 Å². The summed E-state index contributed by atoms with van der Waals surface area (Å²) in [5.74, 6) is -1.76. The smallest absolute Gasteiger partial charge is 0.200 e. The Morgan fingerprint density at radius 1 is 0.947 bits per heavy atom. The summed E-state index contributed by atoms with van der Waals surface area (Å²) in [5, 5.41) is 29.1. The van der Waals surface area contributed by atoms with Gasteiger partial charge in [0.2, 0.25) is 5.75 Å². The molecule has 0 aliphatic carbocycles. The molecule has 0 aromatic heterocycles. The second-order valence-corrected chi connectivity index (χ2v) is 4.60. The van der Waals surface area contributed by atoms with E-state index < -0.39 is 5.75 Å². The molecule has 4 heteroatoms. The molecule has 0 bridgehead atoms. The molecule has 1 atom stereocenters. The third-order valence-electron chi connectivity index (χ3n) is 3.30. The van der Waals surface area contributed by atoms with Gasteiger partial charge in [-0.1, -0.05) is 19.1 Å². The van der Waals surface area contributed by atoms with E-state index in [4.69, 9.17) is 0 Å². The predicted molar refractivity (Wildman–Crippen MR) is 70.1 cm³/mol. The van der Waals surface area contributed by atoms with Crippen molar-refractivity contribution in [1.29, 1.82) is 0 Å². The van der Waals surface area contributed by atoms with Gasteiger partial charge in [0.15, 0.2) is 11.5 Å². The Hall–Kier alpha value is -2.23. The fourth-order valence-electron chi connectivity index (χ4n) is 2.07. The normalized spacial score (nSPS) is 12.4. The molecule has 0 amide bonds.